The quantitative estimate of drug-likeness (QED) is 0.827. The molecule has 3 rings (SSSR count). The number of hydrogen-bond donors (Lipinski definition) is 1. The number of nitrogens with zero attached hydrogens (tertiary/aromatic N) is 1. The molecule has 0 fully saturated rings. The van der Waals surface area contributed by atoms with Crippen molar-refractivity contribution in [1.29, 1.82) is 0 Å². The van der Waals surface area contributed by atoms with Crippen LogP contribution in [-0.2, 0) is 4.79 Å². The van der Waals surface area contributed by atoms with Gasteiger partial charge in [0.2, 0.25) is 0 Å². The van der Waals surface area contributed by atoms with Crippen LogP contribution in [0.15, 0.2) is 52.3 Å². The predicted octanol–water partition coefficient (Wildman–Crippen LogP) is 4.24. The number of anilines is 1. The summed E-state index contributed by atoms with van der Waals surface area (Å²) in [5.41, 5.74) is 3.48. The first kappa shape index (κ1) is 18.3. The zero-order chi connectivity index (χ0) is 18.8. The second kappa shape index (κ2) is 7.38. The third kappa shape index (κ3) is 3.83. The number of rotatable bonds is 3. The van der Waals surface area contributed by atoms with Crippen molar-refractivity contribution < 1.29 is 9.59 Å². The zero-order valence-electron chi connectivity index (χ0n) is 15.4. The van der Waals surface area contributed by atoms with Crippen LogP contribution in [0, 0.1) is 6.92 Å². The van der Waals surface area contributed by atoms with E-state index >= 15 is 0 Å². The molecule has 0 saturated heterocycles. The van der Waals surface area contributed by atoms with Crippen LogP contribution in [-0.4, -0.2) is 24.9 Å². The Kier molecular flexibility index (Phi) is 5.18. The number of carbonyl (C=O) groups is 2. The summed E-state index contributed by atoms with van der Waals surface area (Å²) in [6.45, 7) is 5.87. The normalized spacial score (nSPS) is 15.3. The molecule has 1 aliphatic rings. The van der Waals surface area contributed by atoms with Crippen LogP contribution in [0.4, 0.5) is 5.69 Å². The fraction of sp³-hybridized carbons (Fsp3) is 0.238. The molecular weight excluding hydrogens is 344 g/mol. The molecular formula is C21H22N2O2S. The van der Waals surface area contributed by atoms with Gasteiger partial charge in [-0.25, -0.2) is 0 Å². The van der Waals surface area contributed by atoms with Gasteiger partial charge in [0.25, 0.3) is 11.8 Å². The largest absolute Gasteiger partial charge is 0.350 e. The maximum Gasteiger partial charge on any atom is 0.264 e. The first-order valence-electron chi connectivity index (χ1n) is 8.54. The van der Waals surface area contributed by atoms with E-state index in [1.807, 2.05) is 51.1 Å². The van der Waals surface area contributed by atoms with Crippen molar-refractivity contribution in [3.63, 3.8) is 0 Å². The van der Waals surface area contributed by atoms with E-state index < -0.39 is 0 Å². The van der Waals surface area contributed by atoms with Crippen LogP contribution in [0.5, 0.6) is 0 Å². The first-order chi connectivity index (χ1) is 12.3. The van der Waals surface area contributed by atoms with E-state index in [-0.39, 0.29) is 17.9 Å². The second-order valence-electron chi connectivity index (χ2n) is 6.70. The molecule has 1 N–H and O–H groups in total. The monoisotopic (exact) mass is 366 g/mol. The molecule has 1 aliphatic heterocycles. The van der Waals surface area contributed by atoms with Crippen molar-refractivity contribution in [2.75, 3.05) is 11.9 Å². The number of benzene rings is 2. The zero-order valence-corrected chi connectivity index (χ0v) is 16.2. The fourth-order valence-electron chi connectivity index (χ4n) is 2.79. The Morgan fingerprint density at radius 3 is 2.65 bits per heavy atom. The third-order valence-corrected chi connectivity index (χ3v) is 5.15. The highest BCUT2D eigenvalue weighted by molar-refractivity contribution is 8.04. The number of carbonyl (C=O) groups excluding carboxylic acids is 2. The van der Waals surface area contributed by atoms with Gasteiger partial charge >= 0.3 is 0 Å². The average molecular weight is 366 g/mol. The van der Waals surface area contributed by atoms with E-state index in [0.29, 0.717) is 10.5 Å². The van der Waals surface area contributed by atoms with Gasteiger partial charge in [-0.3, -0.25) is 9.59 Å². The summed E-state index contributed by atoms with van der Waals surface area (Å²) in [5, 5.41) is 2.88. The maximum absolute atomic E-state index is 12.8. The highest BCUT2D eigenvalue weighted by atomic mass is 32.2. The SMILES string of the molecule is Cc1cccc(/C=C2\Sc3ccc(C(=O)NC(C)C)cc3N(C)C2=O)c1. The molecule has 0 radical (unpaired) electrons. The summed E-state index contributed by atoms with van der Waals surface area (Å²) in [6.07, 6.45) is 1.92. The van der Waals surface area contributed by atoms with E-state index in [2.05, 4.69) is 11.4 Å². The van der Waals surface area contributed by atoms with Crippen molar-refractivity contribution in [2.45, 2.75) is 31.7 Å². The molecule has 2 aromatic carbocycles. The lowest BCUT2D eigenvalue weighted by Gasteiger charge is -2.27. The lowest BCUT2D eigenvalue weighted by atomic mass is 10.1. The highest BCUT2D eigenvalue weighted by Gasteiger charge is 2.27. The third-order valence-electron chi connectivity index (χ3n) is 4.08. The lowest BCUT2D eigenvalue weighted by Crippen LogP contribution is -2.32. The van der Waals surface area contributed by atoms with E-state index in [0.717, 1.165) is 21.7 Å². The lowest BCUT2D eigenvalue weighted by molar-refractivity contribution is -0.114. The number of fused-ring (bicyclic) bond motifs is 1. The van der Waals surface area contributed by atoms with Gasteiger partial charge in [0.05, 0.1) is 10.6 Å². The summed E-state index contributed by atoms with van der Waals surface area (Å²) in [5.74, 6) is -0.194. The molecule has 134 valence electrons. The summed E-state index contributed by atoms with van der Waals surface area (Å²) in [4.78, 5) is 28.3. The standard InChI is InChI=1S/C21H22N2O2S/c1-13(2)22-20(24)16-8-9-18-17(12-16)23(4)21(25)19(26-18)11-15-7-5-6-14(3)10-15/h5-13H,1-4H3,(H,22,24)/b19-11-. The summed E-state index contributed by atoms with van der Waals surface area (Å²) < 4.78 is 0. The summed E-state index contributed by atoms with van der Waals surface area (Å²) in [6, 6.07) is 13.6. The Balaban J connectivity index is 1.93. The minimum absolute atomic E-state index is 0.0644. The van der Waals surface area contributed by atoms with E-state index in [1.54, 1.807) is 24.1 Å². The van der Waals surface area contributed by atoms with Crippen LogP contribution in [0.2, 0.25) is 0 Å². The number of hydrogen-bond acceptors (Lipinski definition) is 3. The summed E-state index contributed by atoms with van der Waals surface area (Å²) in [7, 11) is 1.75. The molecule has 0 bridgehead atoms. The van der Waals surface area contributed by atoms with Crippen LogP contribution in [0.1, 0.15) is 35.3 Å². The van der Waals surface area contributed by atoms with Gasteiger partial charge in [0.15, 0.2) is 0 Å². The van der Waals surface area contributed by atoms with Crippen LogP contribution in [0.3, 0.4) is 0 Å². The Hall–Kier alpha value is -2.53. The molecule has 5 heteroatoms. The number of thioether (sulfide) groups is 1. The van der Waals surface area contributed by atoms with E-state index in [4.69, 9.17) is 0 Å². The molecule has 2 aromatic rings. The van der Waals surface area contributed by atoms with Gasteiger partial charge in [0.1, 0.15) is 0 Å². The smallest absolute Gasteiger partial charge is 0.264 e. The van der Waals surface area contributed by atoms with E-state index in [9.17, 15) is 9.59 Å². The number of nitrogens with one attached hydrogen (secondary N) is 1. The van der Waals surface area contributed by atoms with Gasteiger partial charge in [-0.15, -0.1) is 0 Å². The highest BCUT2D eigenvalue weighted by Crippen LogP contribution is 2.42. The number of aryl methyl sites for hydroxylation is 1. The van der Waals surface area contributed by atoms with Gasteiger partial charge in [-0.1, -0.05) is 41.6 Å². The molecule has 4 nitrogen and oxygen atoms in total. The van der Waals surface area contributed by atoms with Crippen molar-refractivity contribution in [1.82, 2.24) is 5.32 Å². The Morgan fingerprint density at radius 1 is 1.19 bits per heavy atom. The van der Waals surface area contributed by atoms with Crippen molar-refractivity contribution in [3.8, 4) is 0 Å². The van der Waals surface area contributed by atoms with Crippen molar-refractivity contribution in [2.24, 2.45) is 0 Å². The summed E-state index contributed by atoms with van der Waals surface area (Å²) >= 11 is 1.44. The first-order valence-corrected chi connectivity index (χ1v) is 9.36. The molecule has 26 heavy (non-hydrogen) atoms. The second-order valence-corrected chi connectivity index (χ2v) is 7.78. The fourth-order valence-corrected chi connectivity index (χ4v) is 3.88. The molecule has 0 spiro atoms. The minimum atomic E-state index is -0.130. The van der Waals surface area contributed by atoms with Gasteiger partial charge < -0.3 is 10.2 Å². The van der Waals surface area contributed by atoms with Crippen LogP contribution in [0.25, 0.3) is 6.08 Å². The predicted molar refractivity (Wildman–Crippen MR) is 107 cm³/mol. The number of likely N-dealkylation sites (N-methyl/N-ethyl adjacent to an activating group) is 1. The van der Waals surface area contributed by atoms with Crippen LogP contribution < -0.4 is 10.2 Å². The van der Waals surface area contributed by atoms with Crippen molar-refractivity contribution in [3.05, 3.63) is 64.1 Å². The molecule has 1 heterocycles. The molecule has 0 unspecified atom stereocenters. The number of amides is 2. The Labute approximate surface area is 158 Å². The molecule has 0 aromatic heterocycles. The topological polar surface area (TPSA) is 49.4 Å². The van der Waals surface area contributed by atoms with Gasteiger partial charge in [-0.2, -0.15) is 0 Å². The van der Waals surface area contributed by atoms with Crippen molar-refractivity contribution >= 4 is 35.3 Å². The van der Waals surface area contributed by atoms with Crippen LogP contribution >= 0.6 is 11.8 Å². The van der Waals surface area contributed by atoms with Gasteiger partial charge in [-0.05, 0) is 50.6 Å². The molecule has 0 atom stereocenters. The molecule has 0 saturated carbocycles. The van der Waals surface area contributed by atoms with Gasteiger partial charge in [0, 0.05) is 23.5 Å². The Morgan fingerprint density at radius 2 is 1.96 bits per heavy atom. The molecule has 2 amide bonds. The average Bonchev–Trinajstić information content (AvgIpc) is 2.58. The minimum Gasteiger partial charge on any atom is -0.350 e. The Bertz CT molecular complexity index is 903. The maximum atomic E-state index is 12.8. The molecule has 0 aliphatic carbocycles. The van der Waals surface area contributed by atoms with E-state index in [1.165, 1.54) is 11.8 Å².